The van der Waals surface area contributed by atoms with Crippen LogP contribution in [0.5, 0.6) is 0 Å². The normalized spacial score (nSPS) is 9.89. The number of hydrogen-bond acceptors (Lipinski definition) is 2. The zero-order valence-corrected chi connectivity index (χ0v) is 11.8. The molecule has 0 spiro atoms. The van der Waals surface area contributed by atoms with E-state index in [0.29, 0.717) is 0 Å². The second kappa shape index (κ2) is 9.76. The molecule has 0 unspecified atom stereocenters. The van der Waals surface area contributed by atoms with Gasteiger partial charge >= 0.3 is 17.1 Å². The average Bonchev–Trinajstić information content (AvgIpc) is 2.45. The Labute approximate surface area is 126 Å². The molecule has 0 fully saturated rings. The number of rotatable bonds is 7. The van der Waals surface area contributed by atoms with E-state index in [4.69, 9.17) is 0 Å². The van der Waals surface area contributed by atoms with Gasteiger partial charge in [-0.1, -0.05) is 60.7 Å². The van der Waals surface area contributed by atoms with Gasteiger partial charge < -0.3 is 10.6 Å². The van der Waals surface area contributed by atoms with Crippen LogP contribution in [0.2, 0.25) is 0 Å². The molecule has 2 N–H and O–H groups in total. The van der Waals surface area contributed by atoms with Gasteiger partial charge in [0.1, 0.15) is 0 Å². The van der Waals surface area contributed by atoms with Gasteiger partial charge in [0.15, 0.2) is 0 Å². The monoisotopic (exact) mass is 303 g/mol. The summed E-state index contributed by atoms with van der Waals surface area (Å²) in [5.41, 5.74) is 2.67. The third kappa shape index (κ3) is 6.55. The van der Waals surface area contributed by atoms with Crippen LogP contribution in [0.3, 0.4) is 0 Å². The summed E-state index contributed by atoms with van der Waals surface area (Å²) in [5, 5.41) is 6.85. The van der Waals surface area contributed by atoms with Crippen molar-refractivity contribution >= 4 is 0 Å². The Balaban J connectivity index is 0.00000180. The Kier molecular flexibility index (Phi) is 8.19. The van der Waals surface area contributed by atoms with Crippen molar-refractivity contribution in [2.75, 3.05) is 13.1 Å². The summed E-state index contributed by atoms with van der Waals surface area (Å²) in [4.78, 5) is 0. The molecule has 0 amide bonds. The standard InChI is InChI=1S/C16H20N2.Cu/c1-3-7-15(8-4-1)13-17-11-12-18-14-16-9-5-2-6-10-16;/h1-10,17-18H,11-14H2;/q;+2. The molecule has 0 aliphatic heterocycles. The molecule has 0 saturated carbocycles. The van der Waals surface area contributed by atoms with Crippen LogP contribution in [0.25, 0.3) is 0 Å². The minimum Gasteiger partial charge on any atom is -0.311 e. The molecule has 3 heteroatoms. The van der Waals surface area contributed by atoms with Crippen LogP contribution in [-0.2, 0) is 30.2 Å². The first kappa shape index (κ1) is 15.9. The zero-order chi connectivity index (χ0) is 12.5. The minimum atomic E-state index is 0. The molecule has 0 saturated heterocycles. The number of nitrogens with one attached hydrogen (secondary N) is 2. The fourth-order valence-corrected chi connectivity index (χ4v) is 1.83. The largest absolute Gasteiger partial charge is 2.00 e. The molecule has 2 rings (SSSR count). The molecule has 0 aliphatic carbocycles. The molecule has 1 radical (unpaired) electrons. The van der Waals surface area contributed by atoms with Crippen molar-refractivity contribution in [3.05, 3.63) is 71.8 Å². The zero-order valence-electron chi connectivity index (χ0n) is 10.9. The molecule has 0 aliphatic rings. The summed E-state index contributed by atoms with van der Waals surface area (Å²) >= 11 is 0. The molecule has 2 aromatic carbocycles. The van der Waals surface area contributed by atoms with Crippen molar-refractivity contribution in [2.24, 2.45) is 0 Å². The summed E-state index contributed by atoms with van der Waals surface area (Å²) in [6.07, 6.45) is 0. The Bertz CT molecular complexity index is 388. The summed E-state index contributed by atoms with van der Waals surface area (Å²) < 4.78 is 0. The molecule has 19 heavy (non-hydrogen) atoms. The van der Waals surface area contributed by atoms with Crippen LogP contribution in [0, 0.1) is 0 Å². The van der Waals surface area contributed by atoms with E-state index in [0.717, 1.165) is 26.2 Å². The van der Waals surface area contributed by atoms with Crippen LogP contribution in [-0.4, -0.2) is 13.1 Å². The van der Waals surface area contributed by atoms with E-state index in [1.165, 1.54) is 11.1 Å². The van der Waals surface area contributed by atoms with Crippen molar-refractivity contribution in [2.45, 2.75) is 13.1 Å². The molecule has 103 valence electrons. The molecule has 0 aromatic heterocycles. The summed E-state index contributed by atoms with van der Waals surface area (Å²) in [5.74, 6) is 0. The Morgan fingerprint density at radius 3 is 1.32 bits per heavy atom. The molecule has 0 atom stereocenters. The van der Waals surface area contributed by atoms with Crippen LogP contribution < -0.4 is 10.6 Å². The second-order valence-corrected chi connectivity index (χ2v) is 4.32. The summed E-state index contributed by atoms with van der Waals surface area (Å²) in [7, 11) is 0. The maximum atomic E-state index is 3.43. The maximum Gasteiger partial charge on any atom is 2.00 e. The van der Waals surface area contributed by atoms with Crippen LogP contribution in [0.1, 0.15) is 11.1 Å². The minimum absolute atomic E-state index is 0. The van der Waals surface area contributed by atoms with Gasteiger partial charge in [-0.2, -0.15) is 0 Å². The maximum absolute atomic E-state index is 3.43. The predicted molar refractivity (Wildman–Crippen MR) is 76.3 cm³/mol. The van der Waals surface area contributed by atoms with Crippen molar-refractivity contribution in [1.29, 1.82) is 0 Å². The number of benzene rings is 2. The predicted octanol–water partition coefficient (Wildman–Crippen LogP) is 2.56. The first-order valence-electron chi connectivity index (χ1n) is 6.44. The molecule has 0 bridgehead atoms. The quantitative estimate of drug-likeness (QED) is 0.607. The topological polar surface area (TPSA) is 24.1 Å². The van der Waals surface area contributed by atoms with E-state index in [1.54, 1.807) is 0 Å². The SMILES string of the molecule is [Cu+2].c1ccc(CNCCNCc2ccccc2)cc1. The van der Waals surface area contributed by atoms with Crippen molar-refractivity contribution < 1.29 is 17.1 Å². The third-order valence-corrected chi connectivity index (χ3v) is 2.82. The van der Waals surface area contributed by atoms with E-state index in [1.807, 2.05) is 12.1 Å². The van der Waals surface area contributed by atoms with Gasteiger partial charge in [-0.3, -0.25) is 0 Å². The van der Waals surface area contributed by atoms with E-state index < -0.39 is 0 Å². The molecular formula is C16H20CuN2+2. The molecule has 2 nitrogen and oxygen atoms in total. The Morgan fingerprint density at radius 2 is 0.947 bits per heavy atom. The van der Waals surface area contributed by atoms with E-state index in [9.17, 15) is 0 Å². The summed E-state index contributed by atoms with van der Waals surface area (Å²) in [6.45, 7) is 3.85. The van der Waals surface area contributed by atoms with Crippen LogP contribution >= 0.6 is 0 Å². The van der Waals surface area contributed by atoms with Crippen molar-refractivity contribution in [3.8, 4) is 0 Å². The van der Waals surface area contributed by atoms with Crippen molar-refractivity contribution in [3.63, 3.8) is 0 Å². The first-order chi connectivity index (χ1) is 8.95. The molecule has 0 heterocycles. The van der Waals surface area contributed by atoms with Crippen molar-refractivity contribution in [1.82, 2.24) is 10.6 Å². The fourth-order valence-electron chi connectivity index (χ4n) is 1.83. The van der Waals surface area contributed by atoms with Gasteiger partial charge in [-0.05, 0) is 11.1 Å². The summed E-state index contributed by atoms with van der Waals surface area (Å²) in [6, 6.07) is 21.0. The third-order valence-electron chi connectivity index (χ3n) is 2.82. The number of hydrogen-bond donors (Lipinski definition) is 2. The van der Waals surface area contributed by atoms with Gasteiger partial charge in [0.05, 0.1) is 0 Å². The van der Waals surface area contributed by atoms with Gasteiger partial charge in [0.2, 0.25) is 0 Å². The van der Waals surface area contributed by atoms with E-state index in [-0.39, 0.29) is 17.1 Å². The van der Waals surface area contributed by atoms with E-state index in [2.05, 4.69) is 59.2 Å². The van der Waals surface area contributed by atoms with Crippen LogP contribution in [0.15, 0.2) is 60.7 Å². The average molecular weight is 304 g/mol. The van der Waals surface area contributed by atoms with Gasteiger partial charge in [0, 0.05) is 26.2 Å². The van der Waals surface area contributed by atoms with E-state index >= 15 is 0 Å². The Hall–Kier alpha value is -1.12. The Morgan fingerprint density at radius 1 is 0.579 bits per heavy atom. The smallest absolute Gasteiger partial charge is 0.311 e. The first-order valence-corrected chi connectivity index (χ1v) is 6.44. The fraction of sp³-hybridized carbons (Fsp3) is 0.250. The molecule has 2 aromatic rings. The van der Waals surface area contributed by atoms with Crippen LogP contribution in [0.4, 0.5) is 0 Å². The van der Waals surface area contributed by atoms with Gasteiger partial charge in [-0.15, -0.1) is 0 Å². The second-order valence-electron chi connectivity index (χ2n) is 4.32. The molecular weight excluding hydrogens is 284 g/mol. The van der Waals surface area contributed by atoms with Gasteiger partial charge in [-0.25, -0.2) is 0 Å². The van der Waals surface area contributed by atoms with Gasteiger partial charge in [0.25, 0.3) is 0 Å².